The van der Waals surface area contributed by atoms with Crippen molar-refractivity contribution in [1.82, 2.24) is 9.29 Å². The molecule has 1 aromatic heterocycles. The first-order valence-corrected chi connectivity index (χ1v) is 13.0. The van der Waals surface area contributed by atoms with Crippen LogP contribution in [0.15, 0.2) is 46.1 Å². The number of fused-ring (bicyclic) bond motifs is 2. The fourth-order valence-corrected chi connectivity index (χ4v) is 5.96. The first-order chi connectivity index (χ1) is 16.3. The number of halogens is 1. The number of nitrogens with one attached hydrogen (secondary N) is 1. The van der Waals surface area contributed by atoms with Crippen LogP contribution in [0.4, 0.5) is 0 Å². The Morgan fingerprint density at radius 2 is 1.85 bits per heavy atom. The van der Waals surface area contributed by atoms with Gasteiger partial charge in [-0.15, -0.1) is 0 Å². The zero-order valence-electron chi connectivity index (χ0n) is 18.7. The molecule has 0 unspecified atom stereocenters. The summed E-state index contributed by atoms with van der Waals surface area (Å²) in [5, 5.41) is 1.10. The lowest BCUT2D eigenvalue weighted by molar-refractivity contribution is 0.0925. The second kappa shape index (κ2) is 9.22. The number of aromatic nitrogens is 1. The average Bonchev–Trinajstić information content (AvgIpc) is 3.33. The lowest BCUT2D eigenvalue weighted by Crippen LogP contribution is -2.38. The van der Waals surface area contributed by atoms with Crippen molar-refractivity contribution in [2.75, 3.05) is 26.4 Å². The van der Waals surface area contributed by atoms with Gasteiger partial charge < -0.3 is 19.2 Å². The summed E-state index contributed by atoms with van der Waals surface area (Å²) in [5.74, 6) is 1.16. The highest BCUT2D eigenvalue weighted by molar-refractivity contribution is 7.89. The number of benzene rings is 2. The summed E-state index contributed by atoms with van der Waals surface area (Å²) in [5.41, 5.74) is 1.34. The Balaban J connectivity index is 1.53. The maximum Gasteiger partial charge on any atom is 0.252 e. The molecule has 5 rings (SSSR count). The molecule has 180 valence electrons. The Kier molecular flexibility index (Phi) is 6.28. The minimum absolute atomic E-state index is 0.0814. The SMILES string of the molecule is Cc1ccc(S(=O)(=O)N(Cc2cc3cc4c(cc3[nH]c2=O)OCCO4)C[C@@H]2CCCO2)cc1Cl. The van der Waals surface area contributed by atoms with E-state index in [1.54, 1.807) is 24.3 Å². The van der Waals surface area contributed by atoms with Crippen molar-refractivity contribution in [3.05, 3.63) is 62.9 Å². The number of rotatable bonds is 6. The van der Waals surface area contributed by atoms with Crippen LogP contribution >= 0.6 is 11.6 Å². The number of aryl methyl sites for hydroxylation is 1. The molecule has 34 heavy (non-hydrogen) atoms. The number of H-pyrrole nitrogens is 1. The van der Waals surface area contributed by atoms with Crippen molar-refractivity contribution < 1.29 is 22.6 Å². The summed E-state index contributed by atoms with van der Waals surface area (Å²) in [6.45, 7) is 3.34. The highest BCUT2D eigenvalue weighted by Gasteiger charge is 2.30. The molecule has 8 nitrogen and oxygen atoms in total. The molecule has 0 aliphatic carbocycles. The second-order valence-electron chi connectivity index (χ2n) is 8.55. The topological polar surface area (TPSA) is 97.9 Å². The van der Waals surface area contributed by atoms with E-state index in [9.17, 15) is 13.2 Å². The van der Waals surface area contributed by atoms with Crippen molar-refractivity contribution in [2.45, 2.75) is 37.3 Å². The van der Waals surface area contributed by atoms with E-state index in [-0.39, 0.29) is 29.6 Å². The molecule has 1 N–H and O–H groups in total. The molecule has 0 amide bonds. The Morgan fingerprint density at radius 1 is 1.09 bits per heavy atom. The van der Waals surface area contributed by atoms with Gasteiger partial charge in [0.15, 0.2) is 11.5 Å². The van der Waals surface area contributed by atoms with Crippen molar-refractivity contribution in [3.63, 3.8) is 0 Å². The number of hydrogen-bond acceptors (Lipinski definition) is 6. The van der Waals surface area contributed by atoms with E-state index < -0.39 is 10.0 Å². The molecule has 1 atom stereocenters. The molecule has 2 aliphatic heterocycles. The maximum atomic E-state index is 13.6. The van der Waals surface area contributed by atoms with E-state index in [0.717, 1.165) is 23.8 Å². The predicted molar refractivity (Wildman–Crippen MR) is 128 cm³/mol. The van der Waals surface area contributed by atoms with Crippen LogP contribution in [0.3, 0.4) is 0 Å². The summed E-state index contributed by atoms with van der Waals surface area (Å²) in [6, 6.07) is 9.88. The van der Waals surface area contributed by atoms with Crippen LogP contribution in [0, 0.1) is 6.92 Å². The van der Waals surface area contributed by atoms with Gasteiger partial charge in [-0.2, -0.15) is 4.31 Å². The van der Waals surface area contributed by atoms with Gasteiger partial charge >= 0.3 is 0 Å². The summed E-state index contributed by atoms with van der Waals surface area (Å²) < 4.78 is 45.5. The molecular formula is C24H25ClN2O6S. The van der Waals surface area contributed by atoms with E-state index in [4.69, 9.17) is 25.8 Å². The van der Waals surface area contributed by atoms with Gasteiger partial charge in [-0.1, -0.05) is 17.7 Å². The lowest BCUT2D eigenvalue weighted by Gasteiger charge is -2.25. The molecular weight excluding hydrogens is 480 g/mol. The van der Waals surface area contributed by atoms with Crippen LogP contribution in [0.2, 0.25) is 5.02 Å². The number of hydrogen-bond donors (Lipinski definition) is 1. The summed E-state index contributed by atoms with van der Waals surface area (Å²) >= 11 is 6.22. The van der Waals surface area contributed by atoms with Crippen LogP contribution in [-0.2, 0) is 21.3 Å². The first kappa shape index (κ1) is 23.2. The lowest BCUT2D eigenvalue weighted by atomic mass is 10.1. The summed E-state index contributed by atoms with van der Waals surface area (Å²) in [6.07, 6.45) is 1.41. The van der Waals surface area contributed by atoms with Gasteiger partial charge in [-0.25, -0.2) is 8.42 Å². The number of aromatic amines is 1. The third kappa shape index (κ3) is 4.53. The zero-order valence-corrected chi connectivity index (χ0v) is 20.2. The predicted octanol–water partition coefficient (Wildman–Crippen LogP) is 3.63. The van der Waals surface area contributed by atoms with Gasteiger partial charge in [0, 0.05) is 41.7 Å². The monoisotopic (exact) mass is 504 g/mol. The molecule has 10 heteroatoms. The molecule has 0 spiro atoms. The molecule has 3 aromatic rings. The van der Waals surface area contributed by atoms with Crippen LogP contribution < -0.4 is 15.0 Å². The van der Waals surface area contributed by atoms with Crippen LogP contribution in [0.1, 0.15) is 24.0 Å². The van der Waals surface area contributed by atoms with Gasteiger partial charge in [0.05, 0.1) is 16.5 Å². The Labute approximate surface area is 202 Å². The summed E-state index contributed by atoms with van der Waals surface area (Å²) in [4.78, 5) is 15.9. The number of ether oxygens (including phenoxy) is 3. The minimum atomic E-state index is -3.94. The van der Waals surface area contributed by atoms with Crippen LogP contribution in [0.5, 0.6) is 11.5 Å². The highest BCUT2D eigenvalue weighted by Crippen LogP contribution is 2.34. The quantitative estimate of drug-likeness (QED) is 0.550. The van der Waals surface area contributed by atoms with E-state index in [0.29, 0.717) is 47.4 Å². The van der Waals surface area contributed by atoms with Gasteiger partial charge in [0.1, 0.15) is 13.2 Å². The van der Waals surface area contributed by atoms with Crippen molar-refractivity contribution >= 4 is 32.5 Å². The standard InChI is InChI=1S/C24H25ClN2O6S/c1-15-4-5-19(11-20(15)25)34(29,30)27(14-18-3-2-6-31-18)13-17-9-16-10-22-23(33-8-7-32-22)12-21(16)26-24(17)28/h4-5,9-12,18H,2-3,6-8,13-14H2,1H3,(H,26,28)/t18-/m0/s1. The van der Waals surface area contributed by atoms with E-state index in [2.05, 4.69) is 4.98 Å². The second-order valence-corrected chi connectivity index (χ2v) is 10.9. The molecule has 2 aromatic carbocycles. The van der Waals surface area contributed by atoms with Crippen LogP contribution in [0.25, 0.3) is 10.9 Å². The van der Waals surface area contributed by atoms with Gasteiger partial charge in [0.25, 0.3) is 5.56 Å². The van der Waals surface area contributed by atoms with E-state index >= 15 is 0 Å². The largest absolute Gasteiger partial charge is 0.486 e. The van der Waals surface area contributed by atoms with Gasteiger partial charge in [-0.05, 0) is 49.6 Å². The van der Waals surface area contributed by atoms with Gasteiger partial charge in [0.2, 0.25) is 10.0 Å². The smallest absolute Gasteiger partial charge is 0.252 e. The molecule has 1 fully saturated rings. The van der Waals surface area contributed by atoms with Crippen LogP contribution in [-0.4, -0.2) is 50.2 Å². The molecule has 0 saturated carbocycles. The molecule has 3 heterocycles. The molecule has 0 bridgehead atoms. The Bertz CT molecular complexity index is 1400. The third-order valence-corrected chi connectivity index (χ3v) is 8.36. The van der Waals surface area contributed by atoms with Crippen molar-refractivity contribution in [2.24, 2.45) is 0 Å². The maximum absolute atomic E-state index is 13.6. The Morgan fingerprint density at radius 3 is 2.56 bits per heavy atom. The zero-order chi connectivity index (χ0) is 23.9. The molecule has 0 radical (unpaired) electrons. The molecule has 2 aliphatic rings. The fourth-order valence-electron chi connectivity index (χ4n) is 4.24. The minimum Gasteiger partial charge on any atom is -0.486 e. The highest BCUT2D eigenvalue weighted by atomic mass is 35.5. The van der Waals surface area contributed by atoms with Crippen molar-refractivity contribution in [1.29, 1.82) is 0 Å². The number of pyridine rings is 1. The fraction of sp³-hybridized carbons (Fsp3) is 0.375. The van der Waals surface area contributed by atoms with Gasteiger partial charge in [-0.3, -0.25) is 4.79 Å². The average molecular weight is 505 g/mol. The number of sulfonamides is 1. The third-order valence-electron chi connectivity index (χ3n) is 6.14. The summed E-state index contributed by atoms with van der Waals surface area (Å²) in [7, 11) is -3.94. The Hall–Kier alpha value is -2.59. The van der Waals surface area contributed by atoms with E-state index in [1.165, 1.54) is 16.4 Å². The number of nitrogens with zero attached hydrogens (tertiary/aromatic N) is 1. The van der Waals surface area contributed by atoms with E-state index in [1.807, 2.05) is 6.92 Å². The normalized spacial score (nSPS) is 18.0. The molecule has 1 saturated heterocycles. The first-order valence-electron chi connectivity index (χ1n) is 11.1. The van der Waals surface area contributed by atoms with Crippen molar-refractivity contribution in [3.8, 4) is 11.5 Å².